The third kappa shape index (κ3) is 4.20. The highest BCUT2D eigenvalue weighted by atomic mass is 32.2. The first-order valence-corrected chi connectivity index (χ1v) is 11.0. The average Bonchev–Trinajstić information content (AvgIpc) is 3.15. The molecule has 0 bridgehead atoms. The highest BCUT2D eigenvalue weighted by Crippen LogP contribution is 2.32. The zero-order valence-electron chi connectivity index (χ0n) is 16.1. The molecular formula is C21H23N3O2S2. The van der Waals surface area contributed by atoms with Crippen LogP contribution in [0.15, 0.2) is 59.0 Å². The van der Waals surface area contributed by atoms with Crippen molar-refractivity contribution in [3.8, 4) is 10.4 Å². The lowest BCUT2D eigenvalue weighted by atomic mass is 10.2. The van der Waals surface area contributed by atoms with Gasteiger partial charge < -0.3 is 4.90 Å². The standard InChI is InChI=1S/C21H23N3O2S2/c1-4-12-24-20(26)16-13-17(15-10-8-7-9-11-15)28-19(16)22-21(24)27-14-18(25)23(5-2)6-3/h4,7-11,13H,1,5-6,12,14H2,2-3H3. The number of aromatic nitrogens is 2. The molecule has 0 aliphatic carbocycles. The molecule has 1 aromatic carbocycles. The first-order chi connectivity index (χ1) is 13.6. The Labute approximate surface area is 172 Å². The van der Waals surface area contributed by atoms with Gasteiger partial charge in [0.15, 0.2) is 5.16 Å². The molecule has 0 unspecified atom stereocenters. The number of nitrogens with zero attached hydrogens (tertiary/aromatic N) is 3. The SMILES string of the molecule is C=CCn1c(SCC(=O)N(CC)CC)nc2sc(-c3ccccc3)cc2c1=O. The smallest absolute Gasteiger partial charge is 0.263 e. The Kier molecular flexibility index (Phi) is 6.70. The summed E-state index contributed by atoms with van der Waals surface area (Å²) < 4.78 is 1.59. The zero-order valence-corrected chi connectivity index (χ0v) is 17.7. The molecule has 5 nitrogen and oxygen atoms in total. The van der Waals surface area contributed by atoms with E-state index in [1.807, 2.05) is 50.2 Å². The van der Waals surface area contributed by atoms with E-state index in [0.717, 1.165) is 10.4 Å². The van der Waals surface area contributed by atoms with Crippen LogP contribution >= 0.6 is 23.1 Å². The summed E-state index contributed by atoms with van der Waals surface area (Å²) in [7, 11) is 0. The fourth-order valence-corrected chi connectivity index (χ4v) is 4.93. The van der Waals surface area contributed by atoms with Gasteiger partial charge >= 0.3 is 0 Å². The van der Waals surface area contributed by atoms with Crippen LogP contribution in [0.4, 0.5) is 0 Å². The number of carbonyl (C=O) groups is 1. The third-order valence-corrected chi connectivity index (χ3v) is 6.47. The van der Waals surface area contributed by atoms with Crippen molar-refractivity contribution < 1.29 is 4.79 Å². The molecule has 0 atom stereocenters. The largest absolute Gasteiger partial charge is 0.343 e. The Morgan fingerprint density at radius 2 is 2.00 bits per heavy atom. The monoisotopic (exact) mass is 413 g/mol. The number of benzene rings is 1. The Bertz CT molecular complexity index is 1040. The van der Waals surface area contributed by atoms with Crippen LogP contribution in [0, 0.1) is 0 Å². The predicted molar refractivity (Wildman–Crippen MR) is 118 cm³/mol. The van der Waals surface area contributed by atoms with E-state index in [1.165, 1.54) is 23.1 Å². The van der Waals surface area contributed by atoms with Crippen LogP contribution in [0.1, 0.15) is 13.8 Å². The van der Waals surface area contributed by atoms with Crippen molar-refractivity contribution in [2.75, 3.05) is 18.8 Å². The minimum Gasteiger partial charge on any atom is -0.343 e. The molecule has 3 aromatic rings. The second-order valence-corrected chi connectivity index (χ2v) is 8.12. The fourth-order valence-electron chi connectivity index (χ4n) is 2.94. The number of thiophene rings is 1. The summed E-state index contributed by atoms with van der Waals surface area (Å²) in [6.45, 7) is 9.38. The lowest BCUT2D eigenvalue weighted by Crippen LogP contribution is -2.32. The number of fused-ring (bicyclic) bond motifs is 1. The van der Waals surface area contributed by atoms with E-state index in [9.17, 15) is 9.59 Å². The van der Waals surface area contributed by atoms with E-state index in [-0.39, 0.29) is 17.2 Å². The summed E-state index contributed by atoms with van der Waals surface area (Å²) in [5.41, 5.74) is 0.965. The highest BCUT2D eigenvalue weighted by molar-refractivity contribution is 7.99. The first kappa shape index (κ1) is 20.4. The molecule has 0 saturated carbocycles. The van der Waals surface area contributed by atoms with Crippen molar-refractivity contribution in [2.45, 2.75) is 25.5 Å². The molecule has 146 valence electrons. The van der Waals surface area contributed by atoms with Crippen molar-refractivity contribution in [3.05, 3.63) is 59.4 Å². The van der Waals surface area contributed by atoms with E-state index in [2.05, 4.69) is 6.58 Å². The van der Waals surface area contributed by atoms with E-state index in [4.69, 9.17) is 4.98 Å². The van der Waals surface area contributed by atoms with Gasteiger partial charge in [0.05, 0.1) is 11.1 Å². The zero-order chi connectivity index (χ0) is 20.1. The van der Waals surface area contributed by atoms with E-state index in [0.29, 0.717) is 35.0 Å². The Balaban J connectivity index is 1.99. The summed E-state index contributed by atoms with van der Waals surface area (Å²) in [6, 6.07) is 11.9. The fraction of sp³-hybridized carbons (Fsp3) is 0.286. The predicted octanol–water partition coefficient (Wildman–Crippen LogP) is 4.27. The number of hydrogen-bond acceptors (Lipinski definition) is 5. The highest BCUT2D eigenvalue weighted by Gasteiger charge is 2.17. The maximum absolute atomic E-state index is 13.0. The number of thioether (sulfide) groups is 1. The third-order valence-electron chi connectivity index (χ3n) is 4.43. The first-order valence-electron chi connectivity index (χ1n) is 9.20. The van der Waals surface area contributed by atoms with E-state index in [1.54, 1.807) is 15.5 Å². The minimum atomic E-state index is -0.0962. The second kappa shape index (κ2) is 9.21. The van der Waals surface area contributed by atoms with Gasteiger partial charge in [0.25, 0.3) is 5.56 Å². The molecule has 28 heavy (non-hydrogen) atoms. The number of rotatable bonds is 8. The second-order valence-electron chi connectivity index (χ2n) is 6.15. The molecule has 0 spiro atoms. The molecule has 3 rings (SSSR count). The van der Waals surface area contributed by atoms with Gasteiger partial charge in [0, 0.05) is 24.5 Å². The van der Waals surface area contributed by atoms with Gasteiger partial charge in [-0.25, -0.2) is 4.98 Å². The van der Waals surface area contributed by atoms with Crippen molar-refractivity contribution in [1.29, 1.82) is 0 Å². The van der Waals surface area contributed by atoms with E-state index < -0.39 is 0 Å². The molecule has 2 aromatic heterocycles. The molecule has 1 amide bonds. The minimum absolute atomic E-state index is 0.0469. The van der Waals surface area contributed by atoms with Crippen LogP contribution in [0.5, 0.6) is 0 Å². The molecule has 0 radical (unpaired) electrons. The molecular weight excluding hydrogens is 390 g/mol. The Morgan fingerprint density at radius 1 is 1.29 bits per heavy atom. The maximum Gasteiger partial charge on any atom is 0.263 e. The molecule has 0 aliphatic heterocycles. The van der Waals surface area contributed by atoms with Crippen LogP contribution < -0.4 is 5.56 Å². The van der Waals surface area contributed by atoms with Gasteiger partial charge in [-0.05, 0) is 25.5 Å². The number of amides is 1. The average molecular weight is 414 g/mol. The van der Waals surface area contributed by atoms with Crippen molar-refractivity contribution in [2.24, 2.45) is 0 Å². The molecule has 0 saturated heterocycles. The number of hydrogen-bond donors (Lipinski definition) is 0. The summed E-state index contributed by atoms with van der Waals surface area (Å²) >= 11 is 2.80. The summed E-state index contributed by atoms with van der Waals surface area (Å²) in [5, 5.41) is 1.16. The number of allylic oxidation sites excluding steroid dienone is 1. The molecule has 2 heterocycles. The lowest BCUT2D eigenvalue weighted by Gasteiger charge is -2.18. The van der Waals surface area contributed by atoms with Crippen LogP contribution in [-0.2, 0) is 11.3 Å². The van der Waals surface area contributed by atoms with Gasteiger partial charge in [-0.1, -0.05) is 48.2 Å². The Morgan fingerprint density at radius 3 is 2.64 bits per heavy atom. The number of carbonyl (C=O) groups excluding carboxylic acids is 1. The normalized spacial score (nSPS) is 10.9. The maximum atomic E-state index is 13.0. The van der Waals surface area contributed by atoms with Crippen molar-refractivity contribution >= 4 is 39.2 Å². The van der Waals surface area contributed by atoms with Crippen molar-refractivity contribution in [1.82, 2.24) is 14.5 Å². The van der Waals surface area contributed by atoms with Gasteiger partial charge in [-0.15, -0.1) is 17.9 Å². The summed E-state index contributed by atoms with van der Waals surface area (Å²) in [6.07, 6.45) is 1.68. The molecule has 0 fully saturated rings. The lowest BCUT2D eigenvalue weighted by molar-refractivity contribution is -0.127. The van der Waals surface area contributed by atoms with Crippen molar-refractivity contribution in [3.63, 3.8) is 0 Å². The topological polar surface area (TPSA) is 55.2 Å². The van der Waals surface area contributed by atoms with Gasteiger partial charge in [-0.3, -0.25) is 14.2 Å². The van der Waals surface area contributed by atoms with Gasteiger partial charge in [0.2, 0.25) is 5.91 Å². The van der Waals surface area contributed by atoms with E-state index >= 15 is 0 Å². The van der Waals surface area contributed by atoms with Gasteiger partial charge in [-0.2, -0.15) is 0 Å². The summed E-state index contributed by atoms with van der Waals surface area (Å²) in [5.74, 6) is 0.305. The summed E-state index contributed by atoms with van der Waals surface area (Å²) in [4.78, 5) is 33.6. The van der Waals surface area contributed by atoms with Crippen LogP contribution in [-0.4, -0.2) is 39.2 Å². The Hall–Kier alpha value is -2.38. The molecule has 7 heteroatoms. The van der Waals surface area contributed by atoms with Crippen LogP contribution in [0.3, 0.4) is 0 Å². The molecule has 0 N–H and O–H groups in total. The van der Waals surface area contributed by atoms with Crippen LogP contribution in [0.25, 0.3) is 20.7 Å². The van der Waals surface area contributed by atoms with Crippen LogP contribution in [0.2, 0.25) is 0 Å². The van der Waals surface area contributed by atoms with Gasteiger partial charge in [0.1, 0.15) is 4.83 Å². The molecule has 0 aliphatic rings. The quantitative estimate of drug-likeness (QED) is 0.314.